The summed E-state index contributed by atoms with van der Waals surface area (Å²) in [5.74, 6) is 0.835. The van der Waals surface area contributed by atoms with Crippen LogP contribution in [-0.4, -0.2) is 38.3 Å². The molecule has 0 saturated carbocycles. The Kier molecular flexibility index (Phi) is 7.91. The summed E-state index contributed by atoms with van der Waals surface area (Å²) in [6, 6.07) is 7.96. The monoisotopic (exact) mass is 308 g/mol. The third-order valence-electron chi connectivity index (χ3n) is 3.08. The van der Waals surface area contributed by atoms with Crippen LogP contribution in [0.25, 0.3) is 0 Å². The van der Waals surface area contributed by atoms with Crippen molar-refractivity contribution < 1.29 is 14.3 Å². The summed E-state index contributed by atoms with van der Waals surface area (Å²) < 4.78 is 10.7. The van der Waals surface area contributed by atoms with Gasteiger partial charge in [0.1, 0.15) is 5.75 Å². The van der Waals surface area contributed by atoms with Crippen molar-refractivity contribution in [3.05, 3.63) is 29.8 Å². The van der Waals surface area contributed by atoms with E-state index in [2.05, 4.69) is 5.32 Å². The average molecular weight is 308 g/mol. The summed E-state index contributed by atoms with van der Waals surface area (Å²) in [6.07, 6.45) is 2.03. The zero-order valence-electron chi connectivity index (χ0n) is 13.9. The minimum absolute atomic E-state index is 0.0111. The summed E-state index contributed by atoms with van der Waals surface area (Å²) in [5.41, 5.74) is 6.65. The lowest BCUT2D eigenvalue weighted by Crippen LogP contribution is -2.45. The highest BCUT2D eigenvalue weighted by molar-refractivity contribution is 5.75. The topological polar surface area (TPSA) is 73.6 Å². The lowest BCUT2D eigenvalue weighted by Gasteiger charge is -2.18. The van der Waals surface area contributed by atoms with Gasteiger partial charge in [0.2, 0.25) is 5.91 Å². The van der Waals surface area contributed by atoms with Crippen LogP contribution in [0, 0.1) is 0 Å². The minimum Gasteiger partial charge on any atom is -0.494 e. The lowest BCUT2D eigenvalue weighted by atomic mass is 10.1. The van der Waals surface area contributed by atoms with Gasteiger partial charge in [-0.05, 0) is 44.4 Å². The van der Waals surface area contributed by atoms with E-state index in [0.717, 1.165) is 18.8 Å². The number of rotatable bonds is 10. The van der Waals surface area contributed by atoms with Gasteiger partial charge in [0, 0.05) is 25.6 Å². The van der Waals surface area contributed by atoms with E-state index in [1.54, 1.807) is 7.11 Å². The van der Waals surface area contributed by atoms with Crippen molar-refractivity contribution in [2.24, 2.45) is 5.73 Å². The Hall–Kier alpha value is -1.59. The summed E-state index contributed by atoms with van der Waals surface area (Å²) in [7, 11) is 1.70. The Morgan fingerprint density at radius 1 is 1.23 bits per heavy atom. The van der Waals surface area contributed by atoms with Gasteiger partial charge < -0.3 is 20.5 Å². The van der Waals surface area contributed by atoms with E-state index in [1.807, 2.05) is 38.1 Å². The molecule has 0 atom stereocenters. The molecule has 1 aromatic carbocycles. The molecule has 124 valence electrons. The van der Waals surface area contributed by atoms with Crippen LogP contribution in [0.3, 0.4) is 0 Å². The number of benzene rings is 1. The van der Waals surface area contributed by atoms with Crippen LogP contribution < -0.4 is 15.8 Å². The van der Waals surface area contributed by atoms with E-state index in [-0.39, 0.29) is 11.4 Å². The molecule has 0 saturated heterocycles. The zero-order valence-corrected chi connectivity index (χ0v) is 13.9. The van der Waals surface area contributed by atoms with Crippen LogP contribution in [0.2, 0.25) is 0 Å². The molecule has 5 heteroatoms. The zero-order chi connectivity index (χ0) is 16.4. The molecule has 0 fully saturated rings. The first-order chi connectivity index (χ1) is 10.4. The maximum atomic E-state index is 11.6. The van der Waals surface area contributed by atoms with Crippen molar-refractivity contribution >= 4 is 5.91 Å². The lowest BCUT2D eigenvalue weighted by molar-refractivity contribution is -0.121. The second-order valence-electron chi connectivity index (χ2n) is 6.10. The molecule has 1 rings (SSSR count). The highest BCUT2D eigenvalue weighted by atomic mass is 16.5. The molecule has 0 aliphatic heterocycles. The summed E-state index contributed by atoms with van der Waals surface area (Å²) in [6.45, 7) is 5.49. The van der Waals surface area contributed by atoms with Crippen molar-refractivity contribution in [2.45, 2.75) is 38.6 Å². The number of ether oxygens (including phenoxy) is 2. The van der Waals surface area contributed by atoms with Crippen LogP contribution in [0.15, 0.2) is 24.3 Å². The second-order valence-corrected chi connectivity index (χ2v) is 6.10. The SMILES string of the molecule is COCCc1ccc(OCCCC(=O)NCC(C)(C)N)cc1. The average Bonchev–Trinajstić information content (AvgIpc) is 2.48. The highest BCUT2D eigenvalue weighted by Gasteiger charge is 2.11. The van der Waals surface area contributed by atoms with E-state index in [0.29, 0.717) is 26.0 Å². The van der Waals surface area contributed by atoms with Gasteiger partial charge in [-0.1, -0.05) is 12.1 Å². The first kappa shape index (κ1) is 18.5. The van der Waals surface area contributed by atoms with Gasteiger partial charge in [0.05, 0.1) is 13.2 Å². The number of amides is 1. The molecule has 1 amide bonds. The largest absolute Gasteiger partial charge is 0.494 e. The molecule has 0 bridgehead atoms. The van der Waals surface area contributed by atoms with Crippen molar-refractivity contribution in [1.82, 2.24) is 5.32 Å². The number of nitrogens with one attached hydrogen (secondary N) is 1. The first-order valence-electron chi connectivity index (χ1n) is 7.67. The highest BCUT2D eigenvalue weighted by Crippen LogP contribution is 2.13. The third-order valence-corrected chi connectivity index (χ3v) is 3.08. The van der Waals surface area contributed by atoms with Crippen molar-refractivity contribution in [3.8, 4) is 5.75 Å². The molecule has 0 aliphatic rings. The van der Waals surface area contributed by atoms with Gasteiger partial charge in [-0.15, -0.1) is 0 Å². The predicted molar refractivity (Wildman–Crippen MR) is 88.0 cm³/mol. The maximum Gasteiger partial charge on any atom is 0.220 e. The fourth-order valence-corrected chi connectivity index (χ4v) is 1.81. The Morgan fingerprint density at radius 2 is 1.91 bits per heavy atom. The van der Waals surface area contributed by atoms with Gasteiger partial charge in [-0.2, -0.15) is 0 Å². The normalized spacial score (nSPS) is 11.3. The number of nitrogens with two attached hydrogens (primary N) is 1. The third kappa shape index (κ3) is 8.64. The van der Waals surface area contributed by atoms with Crippen molar-refractivity contribution in [2.75, 3.05) is 26.9 Å². The molecule has 0 radical (unpaired) electrons. The molecule has 0 spiro atoms. The van der Waals surface area contributed by atoms with E-state index in [9.17, 15) is 4.79 Å². The molecule has 22 heavy (non-hydrogen) atoms. The van der Waals surface area contributed by atoms with Gasteiger partial charge >= 0.3 is 0 Å². The van der Waals surface area contributed by atoms with Crippen LogP contribution >= 0.6 is 0 Å². The fraction of sp³-hybridized carbons (Fsp3) is 0.588. The minimum atomic E-state index is -0.378. The van der Waals surface area contributed by atoms with Crippen LogP contribution in [-0.2, 0) is 16.0 Å². The van der Waals surface area contributed by atoms with E-state index in [1.165, 1.54) is 5.56 Å². The van der Waals surface area contributed by atoms with Gasteiger partial charge in [0.25, 0.3) is 0 Å². The fourth-order valence-electron chi connectivity index (χ4n) is 1.81. The Balaban J connectivity index is 2.17. The smallest absolute Gasteiger partial charge is 0.220 e. The van der Waals surface area contributed by atoms with Gasteiger partial charge in [-0.3, -0.25) is 4.79 Å². The van der Waals surface area contributed by atoms with Gasteiger partial charge in [-0.25, -0.2) is 0 Å². The molecule has 1 aromatic rings. The number of hydrogen-bond acceptors (Lipinski definition) is 4. The maximum absolute atomic E-state index is 11.6. The van der Waals surface area contributed by atoms with Gasteiger partial charge in [0.15, 0.2) is 0 Å². The summed E-state index contributed by atoms with van der Waals surface area (Å²) in [5, 5.41) is 2.82. The number of carbonyl (C=O) groups is 1. The molecule has 5 nitrogen and oxygen atoms in total. The number of hydrogen-bond donors (Lipinski definition) is 2. The summed E-state index contributed by atoms with van der Waals surface area (Å²) >= 11 is 0. The van der Waals surface area contributed by atoms with E-state index in [4.69, 9.17) is 15.2 Å². The standard InChI is InChI=1S/C17H28N2O3/c1-17(2,18)13-19-16(20)5-4-11-22-15-8-6-14(7-9-15)10-12-21-3/h6-9H,4-5,10-13,18H2,1-3H3,(H,19,20). The van der Waals surface area contributed by atoms with Crippen molar-refractivity contribution in [3.63, 3.8) is 0 Å². The Bertz CT molecular complexity index is 438. The number of methoxy groups -OCH3 is 1. The van der Waals surface area contributed by atoms with Crippen molar-refractivity contribution in [1.29, 1.82) is 0 Å². The van der Waals surface area contributed by atoms with Crippen LogP contribution in [0.5, 0.6) is 5.75 Å². The Labute approximate surface area is 133 Å². The second kappa shape index (κ2) is 9.43. The molecular weight excluding hydrogens is 280 g/mol. The Morgan fingerprint density at radius 3 is 2.50 bits per heavy atom. The predicted octanol–water partition coefficient (Wildman–Crippen LogP) is 1.89. The molecule has 0 aromatic heterocycles. The van der Waals surface area contributed by atoms with E-state index < -0.39 is 0 Å². The summed E-state index contributed by atoms with van der Waals surface area (Å²) in [4.78, 5) is 11.6. The molecule has 0 aliphatic carbocycles. The molecule has 0 heterocycles. The van der Waals surface area contributed by atoms with E-state index >= 15 is 0 Å². The molecule has 3 N–H and O–H groups in total. The first-order valence-corrected chi connectivity index (χ1v) is 7.67. The molecule has 0 unspecified atom stereocenters. The quantitative estimate of drug-likeness (QED) is 0.647. The van der Waals surface area contributed by atoms with Crippen LogP contribution in [0.4, 0.5) is 0 Å². The number of carbonyl (C=O) groups excluding carboxylic acids is 1. The molecular formula is C17H28N2O3. The van der Waals surface area contributed by atoms with Crippen LogP contribution in [0.1, 0.15) is 32.3 Å².